The van der Waals surface area contributed by atoms with Crippen molar-refractivity contribution in [3.05, 3.63) is 65.9 Å². The van der Waals surface area contributed by atoms with Gasteiger partial charge in [0.05, 0.1) is 49.2 Å². The maximum atomic E-state index is 13.8. The highest BCUT2D eigenvalue weighted by atomic mass is 16.5. The largest absolute Gasteiger partial charge is 0.488 e. The summed E-state index contributed by atoms with van der Waals surface area (Å²) in [5.41, 5.74) is 6.58. The molecule has 58 heavy (non-hydrogen) atoms. The van der Waals surface area contributed by atoms with Crippen LogP contribution in [-0.4, -0.2) is 92.1 Å². The Balaban J connectivity index is 1.04. The van der Waals surface area contributed by atoms with Gasteiger partial charge in [-0.2, -0.15) is 0 Å². The van der Waals surface area contributed by atoms with Crippen LogP contribution in [0.4, 0.5) is 9.59 Å². The van der Waals surface area contributed by atoms with E-state index in [1.807, 2.05) is 49.8 Å². The monoisotopic (exact) mass is 790 g/mol. The molecule has 0 saturated carbocycles. The summed E-state index contributed by atoms with van der Waals surface area (Å²) in [4.78, 5) is 71.8. The maximum absolute atomic E-state index is 13.8. The lowest BCUT2D eigenvalue weighted by Gasteiger charge is -2.32. The van der Waals surface area contributed by atoms with Crippen LogP contribution in [-0.2, 0) is 25.7 Å². The number of H-pyrrole nitrogens is 2. The summed E-state index contributed by atoms with van der Waals surface area (Å²) in [6.07, 6.45) is 3.68. The number of amides is 4. The van der Waals surface area contributed by atoms with Gasteiger partial charge in [0.1, 0.15) is 36.1 Å². The van der Waals surface area contributed by atoms with Crippen molar-refractivity contribution < 1.29 is 33.4 Å². The summed E-state index contributed by atoms with van der Waals surface area (Å²) in [5, 5.41) is 7.28. The zero-order valence-corrected chi connectivity index (χ0v) is 33.8. The molecule has 2 aromatic heterocycles. The van der Waals surface area contributed by atoms with Gasteiger partial charge < -0.3 is 44.6 Å². The van der Waals surface area contributed by atoms with Crippen LogP contribution in [0.25, 0.3) is 44.2 Å². The van der Waals surface area contributed by atoms with Crippen LogP contribution < -0.4 is 15.4 Å². The minimum Gasteiger partial charge on any atom is -0.488 e. The van der Waals surface area contributed by atoms with Gasteiger partial charge in [-0.15, -0.1) is 0 Å². The molecule has 5 aromatic rings. The molecule has 0 spiro atoms. The van der Waals surface area contributed by atoms with E-state index in [4.69, 9.17) is 24.2 Å². The summed E-state index contributed by atoms with van der Waals surface area (Å²) >= 11 is 0. The van der Waals surface area contributed by atoms with E-state index in [0.29, 0.717) is 18.3 Å². The second-order valence-corrected chi connectivity index (χ2v) is 16.1. The van der Waals surface area contributed by atoms with Gasteiger partial charge >= 0.3 is 12.2 Å². The summed E-state index contributed by atoms with van der Waals surface area (Å²) in [5.74, 6) is 1.72. The van der Waals surface area contributed by atoms with E-state index in [9.17, 15) is 19.2 Å². The van der Waals surface area contributed by atoms with Crippen LogP contribution in [0.5, 0.6) is 5.75 Å². The fourth-order valence-electron chi connectivity index (χ4n) is 8.91. The highest BCUT2D eigenvalue weighted by Crippen LogP contribution is 2.44. The molecule has 304 valence electrons. The standard InChI is InChI=1S/C43H50N8O7/c1-21(2)36(49-43(55)57-7)41(53)51-23(4)8-14-33(51)38-44-19-32(47-38)26-10-12-28-27(16-26)20-58-35-18-29-25(17-30(28)35)11-13-31-37(29)48-39(46-31)34-15-9-22(3)50(34)40(52)24(5)45-42(54)56-6/h10-13,16-19,21-24,33-34,36H,8-9,14-15,20H2,1-7H3,(H,44,47)(H,45,54)(H,46,48)(H,49,55)/t22-,23-,24-,33-,34-,36?/m0/s1. The lowest BCUT2D eigenvalue weighted by Crippen LogP contribution is -2.52. The van der Waals surface area contributed by atoms with E-state index in [1.54, 1.807) is 6.92 Å². The minimum absolute atomic E-state index is 0.0146. The SMILES string of the molecule is COC(=O)NC(C(=O)N1[C@@H](C)CC[C@H]1c1ncc(-c2ccc3c(c2)COc2cc4c(ccc5[nH]c([C@@H]6CC[C@H](C)N6C(=O)[C@H](C)NC(=O)OC)nc54)cc2-3)[nH]1)C(C)C. The number of imidazole rings is 2. The van der Waals surface area contributed by atoms with Crippen LogP contribution in [0, 0.1) is 5.92 Å². The molecule has 3 aliphatic rings. The Bertz CT molecular complexity index is 2420. The lowest BCUT2D eigenvalue weighted by atomic mass is 9.92. The van der Waals surface area contributed by atoms with E-state index in [1.165, 1.54) is 14.2 Å². The van der Waals surface area contributed by atoms with Gasteiger partial charge in [0.2, 0.25) is 11.8 Å². The molecule has 5 heterocycles. The number of likely N-dealkylation sites (tertiary alicyclic amines) is 2. The Labute approximate surface area is 336 Å². The second-order valence-electron chi connectivity index (χ2n) is 16.1. The first-order valence-electron chi connectivity index (χ1n) is 20.0. The van der Waals surface area contributed by atoms with Crippen LogP contribution in [0.1, 0.15) is 89.6 Å². The predicted molar refractivity (Wildman–Crippen MR) is 217 cm³/mol. The molecular weight excluding hydrogens is 741 g/mol. The smallest absolute Gasteiger partial charge is 0.407 e. The Morgan fingerprint density at radius 1 is 0.810 bits per heavy atom. The third kappa shape index (κ3) is 6.85. The highest BCUT2D eigenvalue weighted by Gasteiger charge is 2.42. The van der Waals surface area contributed by atoms with E-state index in [-0.39, 0.29) is 41.9 Å². The number of carbonyl (C=O) groups is 4. The number of nitrogens with zero attached hydrogens (tertiary/aromatic N) is 4. The fraction of sp³-hybridized carbons (Fsp3) is 0.442. The van der Waals surface area contributed by atoms with Gasteiger partial charge in [-0.05, 0) is 98.7 Å². The van der Waals surface area contributed by atoms with E-state index in [0.717, 1.165) is 81.2 Å². The number of ether oxygens (including phenoxy) is 3. The van der Waals surface area contributed by atoms with Crippen molar-refractivity contribution >= 4 is 45.8 Å². The lowest BCUT2D eigenvalue weighted by molar-refractivity contribution is -0.137. The average Bonchev–Trinajstić information content (AvgIpc) is 4.04. The quantitative estimate of drug-likeness (QED) is 0.130. The molecule has 6 atom stereocenters. The molecule has 0 bridgehead atoms. The average molecular weight is 791 g/mol. The van der Waals surface area contributed by atoms with Crippen molar-refractivity contribution in [1.29, 1.82) is 0 Å². The number of alkyl carbamates (subject to hydrolysis) is 2. The molecule has 0 aliphatic carbocycles. The number of hydrogen-bond acceptors (Lipinski definition) is 9. The number of benzene rings is 3. The first kappa shape index (κ1) is 38.7. The van der Waals surface area contributed by atoms with Gasteiger partial charge in [-0.25, -0.2) is 19.6 Å². The number of aromatic nitrogens is 4. The first-order valence-corrected chi connectivity index (χ1v) is 20.0. The van der Waals surface area contributed by atoms with E-state index < -0.39 is 24.3 Å². The van der Waals surface area contributed by atoms with Crippen LogP contribution in [0.2, 0.25) is 0 Å². The number of fused-ring (bicyclic) bond motifs is 6. The van der Waals surface area contributed by atoms with Crippen molar-refractivity contribution in [2.24, 2.45) is 5.92 Å². The van der Waals surface area contributed by atoms with Gasteiger partial charge in [0, 0.05) is 23.0 Å². The molecular formula is C43H50N8O7. The molecule has 8 rings (SSSR count). The molecule has 3 aliphatic heterocycles. The second kappa shape index (κ2) is 15.3. The number of carbonyl (C=O) groups excluding carboxylic acids is 4. The van der Waals surface area contributed by atoms with Gasteiger partial charge in [-0.1, -0.05) is 32.0 Å². The summed E-state index contributed by atoms with van der Waals surface area (Å²) in [6, 6.07) is 12.6. The molecule has 2 fully saturated rings. The molecule has 1 unspecified atom stereocenters. The van der Waals surface area contributed by atoms with Crippen molar-refractivity contribution in [1.82, 2.24) is 40.4 Å². The van der Waals surface area contributed by atoms with E-state index in [2.05, 4.69) is 57.0 Å². The molecule has 15 nitrogen and oxygen atoms in total. The fourth-order valence-corrected chi connectivity index (χ4v) is 8.91. The predicted octanol–water partition coefficient (Wildman–Crippen LogP) is 6.89. The summed E-state index contributed by atoms with van der Waals surface area (Å²) < 4.78 is 15.9. The normalized spacial score (nSPS) is 21.0. The molecule has 15 heteroatoms. The number of rotatable bonds is 8. The Morgan fingerprint density at radius 3 is 2.21 bits per heavy atom. The van der Waals surface area contributed by atoms with Gasteiger partial charge in [0.15, 0.2) is 0 Å². The topological polar surface area (TPSA) is 184 Å². The third-order valence-corrected chi connectivity index (χ3v) is 12.0. The number of aromatic amines is 2. The zero-order valence-electron chi connectivity index (χ0n) is 33.8. The number of nitrogens with one attached hydrogen (secondary N) is 4. The summed E-state index contributed by atoms with van der Waals surface area (Å²) in [7, 11) is 2.57. The van der Waals surface area contributed by atoms with Crippen molar-refractivity contribution in [2.75, 3.05) is 14.2 Å². The Morgan fingerprint density at radius 2 is 1.50 bits per heavy atom. The molecule has 2 saturated heterocycles. The Kier molecular flexibility index (Phi) is 10.2. The molecule has 0 radical (unpaired) electrons. The maximum Gasteiger partial charge on any atom is 0.407 e. The Hall–Kier alpha value is -6.12. The van der Waals surface area contributed by atoms with Gasteiger partial charge in [0.25, 0.3) is 0 Å². The third-order valence-electron chi connectivity index (χ3n) is 12.0. The van der Waals surface area contributed by atoms with Crippen LogP contribution in [0.3, 0.4) is 0 Å². The molecule has 4 amide bonds. The highest BCUT2D eigenvalue weighted by molar-refractivity contribution is 6.07. The zero-order chi connectivity index (χ0) is 41.0. The van der Waals surface area contributed by atoms with Crippen molar-refractivity contribution in [3.8, 4) is 28.1 Å². The molecule has 3 aromatic carbocycles. The van der Waals surface area contributed by atoms with Crippen LogP contribution >= 0.6 is 0 Å². The summed E-state index contributed by atoms with van der Waals surface area (Å²) in [6.45, 7) is 9.90. The van der Waals surface area contributed by atoms with Crippen LogP contribution in [0.15, 0.2) is 48.7 Å². The minimum atomic E-state index is -0.744. The van der Waals surface area contributed by atoms with Gasteiger partial charge in [-0.3, -0.25) is 9.59 Å². The van der Waals surface area contributed by atoms with Crippen molar-refractivity contribution in [2.45, 2.75) is 103 Å². The molecule has 4 N–H and O–H groups in total. The van der Waals surface area contributed by atoms with Crippen molar-refractivity contribution in [3.63, 3.8) is 0 Å². The number of hydrogen-bond donors (Lipinski definition) is 4. The number of methoxy groups -OCH3 is 2. The van der Waals surface area contributed by atoms with E-state index >= 15 is 0 Å². The first-order chi connectivity index (χ1) is 27.9.